The SMILES string of the molecule is O=C(NC1CCN(C(=O)c2ccc(F)cc2)CC1)c1ccccc1OCc1ccccc1. The number of benzene rings is 3. The highest BCUT2D eigenvalue weighted by atomic mass is 19.1. The van der Waals surface area contributed by atoms with E-state index in [1.54, 1.807) is 17.0 Å². The van der Waals surface area contributed by atoms with Crippen molar-refractivity contribution in [2.75, 3.05) is 13.1 Å². The first-order valence-electron chi connectivity index (χ1n) is 10.7. The molecule has 1 N–H and O–H groups in total. The number of halogens is 1. The minimum atomic E-state index is -0.365. The van der Waals surface area contributed by atoms with Gasteiger partial charge >= 0.3 is 0 Å². The van der Waals surface area contributed by atoms with E-state index in [4.69, 9.17) is 4.74 Å². The molecule has 1 saturated heterocycles. The normalized spacial score (nSPS) is 14.1. The number of para-hydroxylation sites is 1. The van der Waals surface area contributed by atoms with Gasteiger partial charge in [-0.1, -0.05) is 42.5 Å². The van der Waals surface area contributed by atoms with Crippen LogP contribution in [0.2, 0.25) is 0 Å². The summed E-state index contributed by atoms with van der Waals surface area (Å²) in [6.45, 7) is 1.45. The molecule has 1 aliphatic rings. The van der Waals surface area contributed by atoms with Crippen LogP contribution in [0.3, 0.4) is 0 Å². The van der Waals surface area contributed by atoms with E-state index in [-0.39, 0.29) is 23.7 Å². The van der Waals surface area contributed by atoms with E-state index in [2.05, 4.69) is 5.32 Å². The molecule has 5 nitrogen and oxygen atoms in total. The van der Waals surface area contributed by atoms with Gasteiger partial charge in [0.2, 0.25) is 0 Å². The molecule has 0 saturated carbocycles. The summed E-state index contributed by atoms with van der Waals surface area (Å²) < 4.78 is 19.0. The molecule has 6 heteroatoms. The number of carbonyl (C=O) groups excluding carboxylic acids is 2. The lowest BCUT2D eigenvalue weighted by Crippen LogP contribution is -2.46. The van der Waals surface area contributed by atoms with Gasteiger partial charge in [-0.25, -0.2) is 4.39 Å². The van der Waals surface area contributed by atoms with Crippen LogP contribution in [0.5, 0.6) is 5.75 Å². The van der Waals surface area contributed by atoms with E-state index in [1.165, 1.54) is 24.3 Å². The monoisotopic (exact) mass is 432 g/mol. The van der Waals surface area contributed by atoms with Gasteiger partial charge in [0.05, 0.1) is 5.56 Å². The highest BCUT2D eigenvalue weighted by Crippen LogP contribution is 2.21. The molecular formula is C26H25FN2O3. The molecule has 0 atom stereocenters. The molecule has 2 amide bonds. The van der Waals surface area contributed by atoms with Crippen molar-refractivity contribution in [3.05, 3.63) is 101 Å². The second-order valence-electron chi connectivity index (χ2n) is 7.82. The molecule has 1 heterocycles. The first-order chi connectivity index (χ1) is 15.6. The Bertz CT molecular complexity index is 1060. The number of likely N-dealkylation sites (tertiary alicyclic amines) is 1. The smallest absolute Gasteiger partial charge is 0.255 e. The van der Waals surface area contributed by atoms with Crippen LogP contribution in [0.25, 0.3) is 0 Å². The van der Waals surface area contributed by atoms with Crippen molar-refractivity contribution < 1.29 is 18.7 Å². The molecule has 3 aromatic carbocycles. The minimum Gasteiger partial charge on any atom is -0.488 e. The summed E-state index contributed by atoms with van der Waals surface area (Å²) in [4.78, 5) is 27.2. The summed E-state index contributed by atoms with van der Waals surface area (Å²) in [6, 6.07) is 22.5. The largest absolute Gasteiger partial charge is 0.488 e. The van der Waals surface area contributed by atoms with Gasteiger partial charge in [-0.3, -0.25) is 9.59 Å². The van der Waals surface area contributed by atoms with E-state index in [0.717, 1.165) is 5.56 Å². The van der Waals surface area contributed by atoms with Crippen LogP contribution in [-0.2, 0) is 6.61 Å². The van der Waals surface area contributed by atoms with Gasteiger partial charge in [-0.05, 0) is 54.8 Å². The number of carbonyl (C=O) groups is 2. The molecule has 1 aliphatic heterocycles. The number of hydrogen-bond donors (Lipinski definition) is 1. The van der Waals surface area contributed by atoms with Crippen molar-refractivity contribution in [1.29, 1.82) is 0 Å². The fourth-order valence-corrected chi connectivity index (χ4v) is 3.78. The maximum Gasteiger partial charge on any atom is 0.255 e. The van der Waals surface area contributed by atoms with Gasteiger partial charge in [0, 0.05) is 24.7 Å². The lowest BCUT2D eigenvalue weighted by molar-refractivity contribution is 0.0698. The Morgan fingerprint density at radius 1 is 0.906 bits per heavy atom. The van der Waals surface area contributed by atoms with Crippen molar-refractivity contribution in [3.63, 3.8) is 0 Å². The van der Waals surface area contributed by atoms with E-state index < -0.39 is 0 Å². The number of hydrogen-bond acceptors (Lipinski definition) is 3. The van der Waals surface area contributed by atoms with Gasteiger partial charge in [0.25, 0.3) is 11.8 Å². The third-order valence-corrected chi connectivity index (χ3v) is 5.58. The highest BCUT2D eigenvalue weighted by Gasteiger charge is 2.25. The number of nitrogens with one attached hydrogen (secondary N) is 1. The molecule has 164 valence electrons. The van der Waals surface area contributed by atoms with Crippen LogP contribution in [0.4, 0.5) is 4.39 Å². The van der Waals surface area contributed by atoms with Crippen LogP contribution >= 0.6 is 0 Å². The highest BCUT2D eigenvalue weighted by molar-refractivity contribution is 5.97. The predicted octanol–water partition coefficient (Wildman–Crippen LogP) is 4.44. The maximum atomic E-state index is 13.1. The number of piperidine rings is 1. The Hall–Kier alpha value is -3.67. The summed E-state index contributed by atoms with van der Waals surface area (Å²) in [5.74, 6) is -0.125. The molecule has 0 radical (unpaired) electrons. The van der Waals surface area contributed by atoms with Gasteiger partial charge in [0.15, 0.2) is 0 Å². The van der Waals surface area contributed by atoms with Gasteiger partial charge in [-0.2, -0.15) is 0 Å². The second-order valence-corrected chi connectivity index (χ2v) is 7.82. The quantitative estimate of drug-likeness (QED) is 0.627. The Kier molecular flexibility index (Phi) is 6.80. The van der Waals surface area contributed by atoms with Crippen LogP contribution in [-0.4, -0.2) is 35.8 Å². The van der Waals surface area contributed by atoms with Crippen LogP contribution in [0, 0.1) is 5.82 Å². The van der Waals surface area contributed by atoms with Gasteiger partial charge < -0.3 is 15.0 Å². The predicted molar refractivity (Wildman–Crippen MR) is 120 cm³/mol. The summed E-state index contributed by atoms with van der Waals surface area (Å²) in [5.41, 5.74) is 1.99. The number of nitrogens with zero attached hydrogens (tertiary/aromatic N) is 1. The standard InChI is InChI=1S/C26H25FN2O3/c27-21-12-10-20(11-13-21)26(31)29-16-14-22(15-17-29)28-25(30)23-8-4-5-9-24(23)32-18-19-6-2-1-3-7-19/h1-13,22H,14-18H2,(H,28,30). The number of amides is 2. The number of ether oxygens (including phenoxy) is 1. The summed E-state index contributed by atoms with van der Waals surface area (Å²) in [6.07, 6.45) is 1.32. The van der Waals surface area contributed by atoms with Crippen LogP contribution in [0.1, 0.15) is 39.1 Å². The first kappa shape index (κ1) is 21.6. The molecule has 0 spiro atoms. The zero-order valence-electron chi connectivity index (χ0n) is 17.7. The van der Waals surface area contributed by atoms with Crippen molar-refractivity contribution in [3.8, 4) is 5.75 Å². The van der Waals surface area contributed by atoms with Crippen molar-refractivity contribution in [2.24, 2.45) is 0 Å². The van der Waals surface area contributed by atoms with Gasteiger partial charge in [0.1, 0.15) is 18.2 Å². The average Bonchev–Trinajstić information content (AvgIpc) is 2.84. The fourth-order valence-electron chi connectivity index (χ4n) is 3.78. The Morgan fingerprint density at radius 3 is 2.28 bits per heavy atom. The van der Waals surface area contributed by atoms with Crippen LogP contribution < -0.4 is 10.1 Å². The molecule has 4 rings (SSSR count). The van der Waals surface area contributed by atoms with E-state index in [9.17, 15) is 14.0 Å². The molecule has 0 unspecified atom stereocenters. The molecule has 32 heavy (non-hydrogen) atoms. The van der Waals surface area contributed by atoms with Crippen LogP contribution in [0.15, 0.2) is 78.9 Å². The lowest BCUT2D eigenvalue weighted by atomic mass is 10.0. The summed E-state index contributed by atoms with van der Waals surface area (Å²) in [7, 11) is 0. The Balaban J connectivity index is 1.32. The first-order valence-corrected chi connectivity index (χ1v) is 10.7. The molecule has 1 fully saturated rings. The molecule has 0 aliphatic carbocycles. The van der Waals surface area contributed by atoms with Crippen molar-refractivity contribution >= 4 is 11.8 Å². The molecular weight excluding hydrogens is 407 g/mol. The Labute approximate surface area is 186 Å². The molecule has 0 bridgehead atoms. The zero-order chi connectivity index (χ0) is 22.3. The fraction of sp³-hybridized carbons (Fsp3) is 0.231. The minimum absolute atomic E-state index is 0.0260. The third-order valence-electron chi connectivity index (χ3n) is 5.58. The van der Waals surface area contributed by atoms with E-state index in [0.29, 0.717) is 49.4 Å². The van der Waals surface area contributed by atoms with Crippen molar-refractivity contribution in [2.45, 2.75) is 25.5 Å². The topological polar surface area (TPSA) is 58.6 Å². The number of rotatable bonds is 6. The molecule has 0 aromatic heterocycles. The molecule has 3 aromatic rings. The second kappa shape index (κ2) is 10.1. The maximum absolute atomic E-state index is 13.1. The zero-order valence-corrected chi connectivity index (χ0v) is 17.7. The van der Waals surface area contributed by atoms with Gasteiger partial charge in [-0.15, -0.1) is 0 Å². The van der Waals surface area contributed by atoms with E-state index in [1.807, 2.05) is 42.5 Å². The van der Waals surface area contributed by atoms with Crippen molar-refractivity contribution in [1.82, 2.24) is 10.2 Å². The lowest BCUT2D eigenvalue weighted by Gasteiger charge is -2.32. The summed E-state index contributed by atoms with van der Waals surface area (Å²) in [5, 5.41) is 3.07. The average molecular weight is 432 g/mol. The van der Waals surface area contributed by atoms with E-state index >= 15 is 0 Å². The summed E-state index contributed by atoms with van der Waals surface area (Å²) >= 11 is 0. The Morgan fingerprint density at radius 2 is 1.56 bits per heavy atom. The third kappa shape index (κ3) is 5.32.